The highest BCUT2D eigenvalue weighted by Gasteiger charge is 2.64. The van der Waals surface area contributed by atoms with Gasteiger partial charge in [0.1, 0.15) is 5.54 Å². The number of ether oxygens (including phenoxy) is 1. The van der Waals surface area contributed by atoms with E-state index in [2.05, 4.69) is 10.6 Å². The molecule has 4 atom stereocenters. The summed E-state index contributed by atoms with van der Waals surface area (Å²) in [4.78, 5) is 12.8. The van der Waals surface area contributed by atoms with E-state index < -0.39 is 62.9 Å². The van der Waals surface area contributed by atoms with Crippen molar-refractivity contribution in [3.8, 4) is 5.75 Å². The number of hydrogen-bond donors (Lipinski definition) is 3. The number of halogens is 5. The van der Waals surface area contributed by atoms with Crippen molar-refractivity contribution in [2.45, 2.75) is 42.4 Å². The van der Waals surface area contributed by atoms with Gasteiger partial charge in [0.25, 0.3) is 0 Å². The third kappa shape index (κ3) is 4.46. The molecule has 186 valence electrons. The minimum absolute atomic E-state index is 0.0393. The minimum atomic E-state index is -4.81. The van der Waals surface area contributed by atoms with Crippen molar-refractivity contribution in [2.24, 2.45) is 11.1 Å². The minimum Gasteiger partial charge on any atom is -0.493 e. The number of anilines is 1. The number of methoxy groups -OCH3 is 1. The predicted octanol–water partition coefficient (Wildman–Crippen LogP) is 3.27. The van der Waals surface area contributed by atoms with E-state index in [9.17, 15) is 35.2 Å². The Hall–Kier alpha value is -2.77. The maximum Gasteiger partial charge on any atom is 0.406 e. The summed E-state index contributed by atoms with van der Waals surface area (Å²) < 4.78 is 98.3. The number of alkyl halides is 3. The molecule has 0 saturated carbocycles. The van der Waals surface area contributed by atoms with Gasteiger partial charge in [-0.05, 0) is 37.1 Å². The van der Waals surface area contributed by atoms with Crippen LogP contribution in [0.2, 0.25) is 0 Å². The molecule has 0 spiro atoms. The number of amides is 1. The Balaban J connectivity index is 2.08. The van der Waals surface area contributed by atoms with Gasteiger partial charge >= 0.3 is 6.18 Å². The van der Waals surface area contributed by atoms with Crippen LogP contribution in [0.15, 0.2) is 41.3 Å². The molecule has 7 nitrogen and oxygen atoms in total. The van der Waals surface area contributed by atoms with Gasteiger partial charge in [-0.25, -0.2) is 17.9 Å². The molecule has 0 aliphatic carbocycles. The highest BCUT2D eigenvalue weighted by Crippen LogP contribution is 2.51. The summed E-state index contributed by atoms with van der Waals surface area (Å²) in [5.74, 6) is -6.84. The molecule has 13 heteroatoms. The van der Waals surface area contributed by atoms with Crippen LogP contribution >= 0.6 is 0 Å². The fourth-order valence-corrected chi connectivity index (χ4v) is 4.76. The van der Waals surface area contributed by atoms with Crippen molar-refractivity contribution in [3.63, 3.8) is 0 Å². The first-order valence-electron chi connectivity index (χ1n) is 9.92. The molecule has 1 aliphatic rings. The largest absolute Gasteiger partial charge is 0.493 e. The summed E-state index contributed by atoms with van der Waals surface area (Å²) in [7, 11) is -3.07. The molecule has 1 fully saturated rings. The lowest BCUT2D eigenvalue weighted by molar-refractivity contribution is -0.198. The second kappa shape index (κ2) is 8.78. The maximum absolute atomic E-state index is 14.4. The van der Waals surface area contributed by atoms with Gasteiger partial charge in [-0.15, -0.1) is 0 Å². The summed E-state index contributed by atoms with van der Waals surface area (Å²) in [6, 6.07) is 5.07. The van der Waals surface area contributed by atoms with Gasteiger partial charge in [0.05, 0.1) is 18.0 Å². The summed E-state index contributed by atoms with van der Waals surface area (Å²) >= 11 is 0. The van der Waals surface area contributed by atoms with Crippen LogP contribution in [0.3, 0.4) is 0 Å². The number of rotatable bonds is 5. The zero-order valence-corrected chi connectivity index (χ0v) is 19.0. The lowest BCUT2D eigenvalue weighted by Gasteiger charge is -2.33. The zero-order valence-electron chi connectivity index (χ0n) is 18.2. The number of primary sulfonamides is 1. The van der Waals surface area contributed by atoms with E-state index in [0.29, 0.717) is 0 Å². The first-order chi connectivity index (χ1) is 15.6. The Morgan fingerprint density at radius 3 is 2.41 bits per heavy atom. The van der Waals surface area contributed by atoms with Crippen LogP contribution in [-0.2, 0) is 14.8 Å². The Bertz CT molecular complexity index is 1220. The number of sulfonamides is 1. The number of benzene rings is 2. The van der Waals surface area contributed by atoms with Crippen molar-refractivity contribution in [2.75, 3.05) is 12.4 Å². The van der Waals surface area contributed by atoms with Gasteiger partial charge in [0.2, 0.25) is 21.7 Å². The highest BCUT2D eigenvalue weighted by atomic mass is 32.2. The third-order valence-corrected chi connectivity index (χ3v) is 7.12. The van der Waals surface area contributed by atoms with E-state index in [4.69, 9.17) is 9.88 Å². The normalized spacial score (nSPS) is 25.3. The SMILES string of the molecule is COc1c([C@H]2[C@H](C(=O)Nc3cccc(S(N)(=O)=O)c3)N[C@@](C)(C(F)(F)F)[C@H]2C)ccc(F)c1F. The second-order valence-electron chi connectivity index (χ2n) is 8.18. The number of carbonyl (C=O) groups excluding carboxylic acids is 1. The van der Waals surface area contributed by atoms with Gasteiger partial charge in [-0.1, -0.05) is 19.1 Å². The van der Waals surface area contributed by atoms with Gasteiger partial charge in [0.15, 0.2) is 11.6 Å². The Labute approximate surface area is 192 Å². The van der Waals surface area contributed by atoms with E-state index in [0.717, 1.165) is 32.2 Å². The molecule has 1 heterocycles. The summed E-state index contributed by atoms with van der Waals surface area (Å²) in [6.45, 7) is 2.10. The third-order valence-electron chi connectivity index (χ3n) is 6.21. The fourth-order valence-electron chi connectivity index (χ4n) is 4.20. The molecule has 1 amide bonds. The molecule has 0 radical (unpaired) electrons. The predicted molar refractivity (Wildman–Crippen MR) is 113 cm³/mol. The molecule has 0 unspecified atom stereocenters. The first kappa shape index (κ1) is 25.8. The van der Waals surface area contributed by atoms with Gasteiger partial charge in [-0.2, -0.15) is 17.6 Å². The lowest BCUT2D eigenvalue weighted by Crippen LogP contribution is -2.56. The van der Waals surface area contributed by atoms with E-state index in [1.165, 1.54) is 25.1 Å². The second-order valence-corrected chi connectivity index (χ2v) is 9.74. The molecule has 3 rings (SSSR count). The Kier molecular flexibility index (Phi) is 6.68. The van der Waals surface area contributed by atoms with Crippen LogP contribution in [0.25, 0.3) is 0 Å². The fraction of sp³-hybridized carbons (Fsp3) is 0.381. The van der Waals surface area contributed by atoms with Crippen LogP contribution < -0.4 is 20.5 Å². The van der Waals surface area contributed by atoms with E-state index >= 15 is 0 Å². The van der Waals surface area contributed by atoms with Crippen molar-refractivity contribution >= 4 is 21.6 Å². The van der Waals surface area contributed by atoms with Crippen LogP contribution in [0, 0.1) is 17.6 Å². The van der Waals surface area contributed by atoms with Crippen LogP contribution in [0.5, 0.6) is 5.75 Å². The monoisotopic (exact) mass is 507 g/mol. The average molecular weight is 507 g/mol. The molecule has 2 aromatic rings. The van der Waals surface area contributed by atoms with Crippen molar-refractivity contribution in [3.05, 3.63) is 53.6 Å². The van der Waals surface area contributed by atoms with Gasteiger partial charge < -0.3 is 10.1 Å². The lowest BCUT2D eigenvalue weighted by atomic mass is 9.76. The van der Waals surface area contributed by atoms with Crippen LogP contribution in [-0.4, -0.2) is 39.2 Å². The molecule has 0 aromatic heterocycles. The molecule has 0 bridgehead atoms. The summed E-state index contributed by atoms with van der Waals surface area (Å²) in [6.07, 6.45) is -4.81. The standard InChI is InChI=1S/C21H22F5N3O4S/c1-10-15(13-7-8-14(22)16(23)18(13)33-3)17(29-20(10,2)21(24,25)26)19(30)28-11-5-4-6-12(9-11)34(27,31)32/h4-10,15,17,29H,1-3H3,(H,28,30)(H2,27,31,32)/t10-,15-,17+,20+/m0/s1. The molecular formula is C21H22F5N3O4S. The number of carbonyl (C=O) groups is 1. The maximum atomic E-state index is 14.4. The number of hydrogen-bond acceptors (Lipinski definition) is 5. The molecule has 1 saturated heterocycles. The highest BCUT2D eigenvalue weighted by molar-refractivity contribution is 7.89. The average Bonchev–Trinajstić information content (AvgIpc) is 3.01. The van der Waals surface area contributed by atoms with Crippen LogP contribution in [0.1, 0.15) is 25.3 Å². The summed E-state index contributed by atoms with van der Waals surface area (Å²) in [5.41, 5.74) is -2.74. The number of nitrogens with two attached hydrogens (primary N) is 1. The number of nitrogens with one attached hydrogen (secondary N) is 2. The molecular weight excluding hydrogens is 485 g/mol. The Morgan fingerprint density at radius 2 is 1.85 bits per heavy atom. The van der Waals surface area contributed by atoms with Crippen molar-refractivity contribution < 1.29 is 39.9 Å². The molecule has 4 N–H and O–H groups in total. The molecule has 1 aliphatic heterocycles. The van der Waals surface area contributed by atoms with Gasteiger partial charge in [-0.3, -0.25) is 10.1 Å². The Morgan fingerprint density at radius 1 is 1.21 bits per heavy atom. The summed E-state index contributed by atoms with van der Waals surface area (Å²) in [5, 5.41) is 9.75. The van der Waals surface area contributed by atoms with E-state index in [-0.39, 0.29) is 16.1 Å². The quantitative estimate of drug-likeness (QED) is 0.538. The zero-order chi connectivity index (χ0) is 25.6. The van der Waals surface area contributed by atoms with E-state index in [1.54, 1.807) is 0 Å². The van der Waals surface area contributed by atoms with Crippen LogP contribution in [0.4, 0.5) is 27.6 Å². The first-order valence-corrected chi connectivity index (χ1v) is 11.5. The molecule has 2 aromatic carbocycles. The smallest absolute Gasteiger partial charge is 0.406 e. The molecule has 34 heavy (non-hydrogen) atoms. The van der Waals surface area contributed by atoms with Gasteiger partial charge in [0, 0.05) is 17.2 Å². The van der Waals surface area contributed by atoms with E-state index in [1.807, 2.05) is 0 Å². The topological polar surface area (TPSA) is 111 Å². The van der Waals surface area contributed by atoms with Crippen molar-refractivity contribution in [1.29, 1.82) is 0 Å². The van der Waals surface area contributed by atoms with Crippen molar-refractivity contribution in [1.82, 2.24) is 5.32 Å².